The molecule has 0 saturated heterocycles. The first-order valence-electron chi connectivity index (χ1n) is 16.6. The van der Waals surface area contributed by atoms with Crippen LogP contribution in [0.2, 0.25) is 0 Å². The van der Waals surface area contributed by atoms with Crippen LogP contribution >= 0.6 is 0 Å². The second kappa shape index (κ2) is 13.5. The average molecular weight is 574 g/mol. The van der Waals surface area contributed by atoms with Gasteiger partial charge in [0.05, 0.1) is 0 Å². The topological polar surface area (TPSA) is 12.0 Å². The summed E-state index contributed by atoms with van der Waals surface area (Å²) in [6, 6.07) is 27.8. The van der Waals surface area contributed by atoms with Crippen molar-refractivity contribution in [2.24, 2.45) is 0 Å². The van der Waals surface area contributed by atoms with E-state index in [1.54, 1.807) is 0 Å². The van der Waals surface area contributed by atoms with Crippen molar-refractivity contribution < 1.29 is 0 Å². The van der Waals surface area contributed by atoms with Gasteiger partial charge in [0.2, 0.25) is 0 Å². The highest BCUT2D eigenvalue weighted by molar-refractivity contribution is 5.77. The Kier molecular flexibility index (Phi) is 10.3. The molecule has 228 valence electrons. The van der Waals surface area contributed by atoms with Gasteiger partial charge in [-0.2, -0.15) is 0 Å². The van der Waals surface area contributed by atoms with E-state index in [0.717, 1.165) is 11.4 Å². The number of hydrogen-bond acceptors (Lipinski definition) is 1. The second-order valence-electron chi connectivity index (χ2n) is 14.4. The summed E-state index contributed by atoms with van der Waals surface area (Å²) in [5, 5.41) is 3.66. The van der Waals surface area contributed by atoms with E-state index in [1.165, 1.54) is 55.6 Å². The molecule has 1 nitrogen and oxygen atoms in total. The lowest BCUT2D eigenvalue weighted by Gasteiger charge is -2.23. The number of benzene rings is 4. The molecule has 0 aliphatic heterocycles. The molecule has 0 amide bonds. The Morgan fingerprint density at radius 1 is 0.349 bits per heavy atom. The highest BCUT2D eigenvalue weighted by atomic mass is 14.9. The van der Waals surface area contributed by atoms with Crippen molar-refractivity contribution >= 4 is 11.4 Å². The molecular weight excluding hydrogens is 518 g/mol. The third kappa shape index (κ3) is 7.26. The highest BCUT2D eigenvalue weighted by Gasteiger charge is 2.20. The van der Waals surface area contributed by atoms with Gasteiger partial charge in [-0.3, -0.25) is 0 Å². The summed E-state index contributed by atoms with van der Waals surface area (Å²) in [7, 11) is 0. The van der Waals surface area contributed by atoms with Crippen LogP contribution in [-0.4, -0.2) is 0 Å². The van der Waals surface area contributed by atoms with Crippen LogP contribution in [0.25, 0.3) is 22.3 Å². The van der Waals surface area contributed by atoms with Crippen LogP contribution < -0.4 is 5.32 Å². The molecule has 4 rings (SSSR count). The van der Waals surface area contributed by atoms with Crippen molar-refractivity contribution in [1.82, 2.24) is 0 Å². The maximum Gasteiger partial charge on any atom is 0.0384 e. The quantitative estimate of drug-likeness (QED) is 0.199. The van der Waals surface area contributed by atoms with E-state index in [0.29, 0.717) is 35.5 Å². The van der Waals surface area contributed by atoms with E-state index in [1.807, 2.05) is 0 Å². The standard InChI is InChI=1S/C42H55N/c1-25(2)33-21-37(27(5)6)41(38(22-33)28(7)8)31-13-17-35(18-14-31)43-36-19-15-32(16-20-36)42-39(29(9)10)23-34(26(3)4)24-40(42)30(11)12/h13-30,43H,1-12H3. The van der Waals surface area contributed by atoms with E-state index in [9.17, 15) is 0 Å². The third-order valence-corrected chi connectivity index (χ3v) is 8.90. The van der Waals surface area contributed by atoms with Gasteiger partial charge < -0.3 is 5.32 Å². The first-order chi connectivity index (χ1) is 20.3. The summed E-state index contributed by atoms with van der Waals surface area (Å²) >= 11 is 0. The number of anilines is 2. The zero-order valence-corrected chi connectivity index (χ0v) is 28.9. The van der Waals surface area contributed by atoms with E-state index in [4.69, 9.17) is 0 Å². The minimum Gasteiger partial charge on any atom is -0.356 e. The number of rotatable bonds is 10. The Labute approximate surface area is 263 Å². The molecule has 0 fully saturated rings. The van der Waals surface area contributed by atoms with E-state index >= 15 is 0 Å². The fraction of sp³-hybridized carbons (Fsp3) is 0.429. The summed E-state index contributed by atoms with van der Waals surface area (Å²) < 4.78 is 0. The summed E-state index contributed by atoms with van der Waals surface area (Å²) in [5.74, 6) is 2.92. The van der Waals surface area contributed by atoms with Crippen molar-refractivity contribution in [3.8, 4) is 22.3 Å². The fourth-order valence-electron chi connectivity index (χ4n) is 6.19. The molecule has 43 heavy (non-hydrogen) atoms. The summed E-state index contributed by atoms with van der Waals surface area (Å²) in [6.07, 6.45) is 0. The third-order valence-electron chi connectivity index (χ3n) is 8.90. The van der Waals surface area contributed by atoms with Crippen LogP contribution in [-0.2, 0) is 0 Å². The maximum absolute atomic E-state index is 3.66. The largest absolute Gasteiger partial charge is 0.356 e. The smallest absolute Gasteiger partial charge is 0.0384 e. The maximum atomic E-state index is 3.66. The van der Waals surface area contributed by atoms with Crippen LogP contribution in [0.5, 0.6) is 0 Å². The normalized spacial score (nSPS) is 12.0. The van der Waals surface area contributed by atoms with Gasteiger partial charge in [0.25, 0.3) is 0 Å². The Morgan fingerprint density at radius 2 is 0.605 bits per heavy atom. The molecule has 0 unspecified atom stereocenters. The summed E-state index contributed by atoms with van der Waals surface area (Å²) in [5.41, 5.74) is 16.3. The zero-order valence-electron chi connectivity index (χ0n) is 28.9. The predicted octanol–water partition coefficient (Wildman–Crippen LogP) is 13.5. The van der Waals surface area contributed by atoms with Gasteiger partial charge in [-0.15, -0.1) is 0 Å². The monoisotopic (exact) mass is 573 g/mol. The SMILES string of the molecule is CC(C)c1cc(C(C)C)c(-c2ccc(Nc3ccc(-c4c(C(C)C)cc(C(C)C)cc4C(C)C)cc3)cc2)c(C(C)C)c1. The molecule has 1 N–H and O–H groups in total. The molecule has 0 aliphatic rings. The average Bonchev–Trinajstić information content (AvgIpc) is 2.96. The molecule has 4 aromatic rings. The van der Waals surface area contributed by atoms with E-state index in [2.05, 4.69) is 161 Å². The highest BCUT2D eigenvalue weighted by Crippen LogP contribution is 2.41. The van der Waals surface area contributed by atoms with Crippen LogP contribution in [0, 0.1) is 0 Å². The molecule has 1 heteroatoms. The van der Waals surface area contributed by atoms with Crippen molar-refractivity contribution in [3.05, 3.63) is 106 Å². The Hall–Kier alpha value is -3.32. The van der Waals surface area contributed by atoms with Crippen molar-refractivity contribution in [3.63, 3.8) is 0 Å². The van der Waals surface area contributed by atoms with Gasteiger partial charge in [0.1, 0.15) is 0 Å². The lowest BCUT2D eigenvalue weighted by molar-refractivity contribution is 0.807. The van der Waals surface area contributed by atoms with Crippen LogP contribution in [0.1, 0.15) is 152 Å². The molecule has 0 saturated carbocycles. The molecular formula is C42H55N. The summed E-state index contributed by atoms with van der Waals surface area (Å²) in [6.45, 7) is 27.7. The molecule has 0 heterocycles. The van der Waals surface area contributed by atoms with Crippen LogP contribution in [0.15, 0.2) is 72.8 Å². The van der Waals surface area contributed by atoms with E-state index in [-0.39, 0.29) is 0 Å². The van der Waals surface area contributed by atoms with Crippen molar-refractivity contribution in [2.75, 3.05) is 5.32 Å². The molecule has 0 bridgehead atoms. The Balaban J connectivity index is 1.65. The van der Waals surface area contributed by atoms with Gasteiger partial charge in [-0.05, 0) is 115 Å². The first kappa shape index (κ1) is 32.6. The van der Waals surface area contributed by atoms with Gasteiger partial charge in [0, 0.05) is 11.4 Å². The number of nitrogens with one attached hydrogen (secondary N) is 1. The lowest BCUT2D eigenvalue weighted by Crippen LogP contribution is -2.04. The molecule has 0 radical (unpaired) electrons. The second-order valence-corrected chi connectivity index (χ2v) is 14.4. The zero-order chi connectivity index (χ0) is 31.6. The predicted molar refractivity (Wildman–Crippen MR) is 192 cm³/mol. The molecule has 0 atom stereocenters. The molecule has 0 aromatic heterocycles. The summed E-state index contributed by atoms with van der Waals surface area (Å²) in [4.78, 5) is 0. The van der Waals surface area contributed by atoms with Crippen molar-refractivity contribution in [1.29, 1.82) is 0 Å². The van der Waals surface area contributed by atoms with Gasteiger partial charge in [0.15, 0.2) is 0 Å². The van der Waals surface area contributed by atoms with E-state index < -0.39 is 0 Å². The minimum absolute atomic E-state index is 0.469. The molecule has 0 spiro atoms. The van der Waals surface area contributed by atoms with Gasteiger partial charge >= 0.3 is 0 Å². The van der Waals surface area contributed by atoms with Crippen LogP contribution in [0.3, 0.4) is 0 Å². The fourth-order valence-corrected chi connectivity index (χ4v) is 6.19. The minimum atomic E-state index is 0.469. The molecule has 0 aliphatic carbocycles. The number of hydrogen-bond donors (Lipinski definition) is 1. The van der Waals surface area contributed by atoms with Crippen molar-refractivity contribution in [2.45, 2.75) is 119 Å². The van der Waals surface area contributed by atoms with Crippen LogP contribution in [0.4, 0.5) is 11.4 Å². The Bertz CT molecular complexity index is 1340. The molecule has 4 aromatic carbocycles. The Morgan fingerprint density at radius 3 is 0.814 bits per heavy atom. The lowest BCUT2D eigenvalue weighted by atomic mass is 9.82. The van der Waals surface area contributed by atoms with Gasteiger partial charge in [-0.25, -0.2) is 0 Å². The first-order valence-corrected chi connectivity index (χ1v) is 16.6. The van der Waals surface area contributed by atoms with Gasteiger partial charge in [-0.1, -0.05) is 132 Å².